The second kappa shape index (κ2) is 5.96. The predicted octanol–water partition coefficient (Wildman–Crippen LogP) is 4.59. The molecule has 1 nitrogen and oxygen atoms in total. The van der Waals surface area contributed by atoms with Crippen molar-refractivity contribution in [3.63, 3.8) is 0 Å². The summed E-state index contributed by atoms with van der Waals surface area (Å²) in [6.45, 7) is 4.51. The summed E-state index contributed by atoms with van der Waals surface area (Å²) in [6.07, 6.45) is 4.93. The molecule has 1 fully saturated rings. The van der Waals surface area contributed by atoms with E-state index in [1.54, 1.807) is 0 Å². The normalized spacial score (nSPS) is 15.7. The van der Waals surface area contributed by atoms with Gasteiger partial charge in [-0.3, -0.25) is 0 Å². The van der Waals surface area contributed by atoms with Crippen LogP contribution in [-0.2, 0) is 0 Å². The van der Waals surface area contributed by atoms with Crippen LogP contribution in [0.3, 0.4) is 0 Å². The van der Waals surface area contributed by atoms with Crippen molar-refractivity contribution in [2.24, 2.45) is 0 Å². The summed E-state index contributed by atoms with van der Waals surface area (Å²) in [5.74, 6) is 0. The maximum atomic E-state index is 2.52. The number of likely N-dealkylation sites (tertiary alicyclic amines) is 1. The molecule has 0 atom stereocenters. The number of hydrogen-bond donors (Lipinski definition) is 0. The number of nitrogens with zero attached hydrogens (tertiary/aromatic N) is 1. The smallest absolute Gasteiger partial charge is 0.0445 e. The van der Waals surface area contributed by atoms with Gasteiger partial charge in [-0.25, -0.2) is 0 Å². The van der Waals surface area contributed by atoms with Crippen molar-refractivity contribution in [1.82, 2.24) is 4.90 Å². The SMILES string of the molecule is Cc1cccc(/C(=C/c2ccccc2)N2CCCC2)c1. The molecule has 1 heterocycles. The van der Waals surface area contributed by atoms with E-state index in [1.165, 1.54) is 48.3 Å². The lowest BCUT2D eigenvalue weighted by Crippen LogP contribution is -2.17. The summed E-state index contributed by atoms with van der Waals surface area (Å²) in [5.41, 5.74) is 5.28. The van der Waals surface area contributed by atoms with Gasteiger partial charge in [0.15, 0.2) is 0 Å². The van der Waals surface area contributed by atoms with Crippen LogP contribution in [0.4, 0.5) is 0 Å². The number of benzene rings is 2. The van der Waals surface area contributed by atoms with Crippen LogP contribution < -0.4 is 0 Å². The van der Waals surface area contributed by atoms with Crippen molar-refractivity contribution in [2.45, 2.75) is 19.8 Å². The second-order valence-corrected chi connectivity index (χ2v) is 5.50. The third kappa shape index (κ3) is 2.93. The maximum Gasteiger partial charge on any atom is 0.0445 e. The molecule has 1 heteroatoms. The molecule has 0 N–H and O–H groups in total. The third-order valence-electron chi connectivity index (χ3n) is 3.86. The van der Waals surface area contributed by atoms with Crippen molar-refractivity contribution in [3.05, 3.63) is 71.3 Å². The summed E-state index contributed by atoms with van der Waals surface area (Å²) >= 11 is 0. The molecule has 3 rings (SSSR count). The lowest BCUT2D eigenvalue weighted by atomic mass is 10.1. The van der Waals surface area contributed by atoms with Gasteiger partial charge in [-0.15, -0.1) is 0 Å². The molecule has 2 aromatic carbocycles. The van der Waals surface area contributed by atoms with Gasteiger partial charge in [0.05, 0.1) is 0 Å². The molecule has 20 heavy (non-hydrogen) atoms. The summed E-state index contributed by atoms with van der Waals surface area (Å²) in [5, 5.41) is 0. The Morgan fingerprint density at radius 3 is 2.40 bits per heavy atom. The van der Waals surface area contributed by atoms with Gasteiger partial charge in [0.1, 0.15) is 0 Å². The molecule has 0 bridgehead atoms. The highest BCUT2D eigenvalue weighted by atomic mass is 15.1. The minimum Gasteiger partial charge on any atom is -0.371 e. The van der Waals surface area contributed by atoms with Crippen LogP contribution >= 0.6 is 0 Å². The number of rotatable bonds is 3. The van der Waals surface area contributed by atoms with Crippen molar-refractivity contribution in [1.29, 1.82) is 0 Å². The largest absolute Gasteiger partial charge is 0.371 e. The van der Waals surface area contributed by atoms with Crippen LogP contribution in [0, 0.1) is 6.92 Å². The van der Waals surface area contributed by atoms with E-state index in [4.69, 9.17) is 0 Å². The van der Waals surface area contributed by atoms with Gasteiger partial charge in [-0.2, -0.15) is 0 Å². The van der Waals surface area contributed by atoms with E-state index >= 15 is 0 Å². The molecular weight excluding hydrogens is 242 g/mol. The van der Waals surface area contributed by atoms with Gasteiger partial charge >= 0.3 is 0 Å². The Morgan fingerprint density at radius 2 is 1.70 bits per heavy atom. The van der Waals surface area contributed by atoms with E-state index < -0.39 is 0 Å². The first kappa shape index (κ1) is 13.0. The Hall–Kier alpha value is -2.02. The molecule has 0 aliphatic carbocycles. The zero-order valence-electron chi connectivity index (χ0n) is 12.0. The average Bonchev–Trinajstić information content (AvgIpc) is 3.00. The monoisotopic (exact) mass is 263 g/mol. The molecule has 102 valence electrons. The maximum absolute atomic E-state index is 2.52. The standard InChI is InChI=1S/C19H21N/c1-16-8-7-11-18(14-16)19(20-12-5-6-13-20)15-17-9-3-2-4-10-17/h2-4,7-11,14-15H,5-6,12-13H2,1H3/b19-15-. The van der Waals surface area contributed by atoms with Crippen LogP contribution in [-0.4, -0.2) is 18.0 Å². The molecule has 0 unspecified atom stereocenters. The molecule has 1 saturated heterocycles. The van der Waals surface area contributed by atoms with Gasteiger partial charge < -0.3 is 4.90 Å². The van der Waals surface area contributed by atoms with E-state index in [0.717, 1.165) is 0 Å². The minimum absolute atomic E-state index is 1.17. The Balaban J connectivity index is 2.02. The van der Waals surface area contributed by atoms with Crippen molar-refractivity contribution in [3.8, 4) is 0 Å². The first-order valence-electron chi connectivity index (χ1n) is 7.42. The average molecular weight is 263 g/mol. The van der Waals surface area contributed by atoms with E-state index in [0.29, 0.717) is 0 Å². The highest BCUT2D eigenvalue weighted by Crippen LogP contribution is 2.26. The highest BCUT2D eigenvalue weighted by molar-refractivity contribution is 5.80. The zero-order chi connectivity index (χ0) is 13.8. The van der Waals surface area contributed by atoms with Gasteiger partial charge in [-0.1, -0.05) is 54.1 Å². The quantitative estimate of drug-likeness (QED) is 0.732. The van der Waals surface area contributed by atoms with E-state index in [9.17, 15) is 0 Å². The molecule has 2 aromatic rings. The van der Waals surface area contributed by atoms with Gasteiger partial charge in [0.2, 0.25) is 0 Å². The molecule has 1 aliphatic heterocycles. The molecule has 0 spiro atoms. The second-order valence-electron chi connectivity index (χ2n) is 5.50. The van der Waals surface area contributed by atoms with Crippen LogP contribution in [0.15, 0.2) is 54.6 Å². The van der Waals surface area contributed by atoms with Crippen LogP contribution in [0.1, 0.15) is 29.5 Å². The van der Waals surface area contributed by atoms with Gasteiger partial charge in [-0.05, 0) is 43.0 Å². The third-order valence-corrected chi connectivity index (χ3v) is 3.86. The minimum atomic E-state index is 1.17. The van der Waals surface area contributed by atoms with Crippen molar-refractivity contribution < 1.29 is 0 Å². The molecule has 0 amide bonds. The van der Waals surface area contributed by atoms with Crippen molar-refractivity contribution in [2.75, 3.05) is 13.1 Å². The fourth-order valence-corrected chi connectivity index (χ4v) is 2.83. The van der Waals surface area contributed by atoms with Crippen LogP contribution in [0.2, 0.25) is 0 Å². The Morgan fingerprint density at radius 1 is 0.950 bits per heavy atom. The Labute approximate surface area is 121 Å². The van der Waals surface area contributed by atoms with E-state index in [1.807, 2.05) is 0 Å². The fraction of sp³-hybridized carbons (Fsp3) is 0.263. The lowest BCUT2D eigenvalue weighted by Gasteiger charge is -2.22. The summed E-state index contributed by atoms with van der Waals surface area (Å²) in [7, 11) is 0. The van der Waals surface area contributed by atoms with Gasteiger partial charge in [0.25, 0.3) is 0 Å². The van der Waals surface area contributed by atoms with Crippen molar-refractivity contribution >= 4 is 11.8 Å². The van der Waals surface area contributed by atoms with Gasteiger partial charge in [0, 0.05) is 18.8 Å². The first-order chi connectivity index (χ1) is 9.83. The number of aryl methyl sites for hydroxylation is 1. The Bertz CT molecular complexity index is 592. The summed E-state index contributed by atoms with van der Waals surface area (Å²) in [4.78, 5) is 2.52. The van der Waals surface area contributed by atoms with Crippen LogP contribution in [0.25, 0.3) is 11.8 Å². The molecule has 1 aliphatic rings. The predicted molar refractivity (Wildman–Crippen MR) is 86.3 cm³/mol. The van der Waals surface area contributed by atoms with E-state index in [-0.39, 0.29) is 0 Å². The molecule has 0 radical (unpaired) electrons. The van der Waals surface area contributed by atoms with E-state index in [2.05, 4.69) is 72.5 Å². The fourth-order valence-electron chi connectivity index (χ4n) is 2.83. The first-order valence-corrected chi connectivity index (χ1v) is 7.42. The highest BCUT2D eigenvalue weighted by Gasteiger charge is 2.16. The lowest BCUT2D eigenvalue weighted by molar-refractivity contribution is 0.495. The zero-order valence-corrected chi connectivity index (χ0v) is 12.0. The molecule has 0 saturated carbocycles. The topological polar surface area (TPSA) is 3.24 Å². The summed E-state index contributed by atoms with van der Waals surface area (Å²) in [6, 6.07) is 19.4. The Kier molecular flexibility index (Phi) is 3.87. The van der Waals surface area contributed by atoms with Crippen LogP contribution in [0.5, 0.6) is 0 Å². The number of hydrogen-bond acceptors (Lipinski definition) is 1. The summed E-state index contributed by atoms with van der Waals surface area (Å²) < 4.78 is 0. The molecular formula is C19H21N. The molecule has 0 aromatic heterocycles.